The molecule has 0 unspecified atom stereocenters. The number of hydrogen-bond donors (Lipinski definition) is 2. The first-order valence-electron chi connectivity index (χ1n) is 0.698. The Balaban J connectivity index is -0.0000000800. The van der Waals surface area contributed by atoms with E-state index in [-0.39, 0.29) is 44.8 Å². The molecule has 0 aromatic carbocycles. The van der Waals surface area contributed by atoms with Crippen LogP contribution in [0.15, 0.2) is 0 Å². The molecule has 0 fully saturated rings. The zero-order chi connectivity index (χ0) is 4.50. The molecule has 7 heavy (non-hydrogen) atoms. The topological polar surface area (TPSA) is 57.5 Å². The summed E-state index contributed by atoms with van der Waals surface area (Å²) in [6.45, 7) is 0. The molecular weight excluding hydrogens is 506 g/mol. The van der Waals surface area contributed by atoms with Crippen molar-refractivity contribution in [1.29, 1.82) is 0 Å². The van der Waals surface area contributed by atoms with E-state index in [1.165, 1.54) is 0 Å². The van der Waals surface area contributed by atoms with Crippen molar-refractivity contribution in [3.63, 3.8) is 0 Å². The van der Waals surface area contributed by atoms with E-state index >= 15 is 0 Å². The average molecular weight is 508 g/mol. The Kier molecular flexibility index (Phi) is 13.4. The average Bonchev–Trinajstić information content (AvgIpc) is 0.722. The maximum Gasteiger partial charge on any atom is 0.263 e. The summed E-state index contributed by atoms with van der Waals surface area (Å²) >= 11 is 3.47. The van der Waals surface area contributed by atoms with Crippen molar-refractivity contribution < 1.29 is 58.1 Å². The molecule has 0 atom stereocenters. The molecular formula is H2Au2O3S2. The quantitative estimate of drug-likeness (QED) is 0.441. The second-order valence-corrected chi connectivity index (χ2v) is 2.65. The van der Waals surface area contributed by atoms with E-state index in [1.807, 2.05) is 0 Å². The van der Waals surface area contributed by atoms with Crippen LogP contribution >= 0.6 is 0 Å². The van der Waals surface area contributed by atoms with Crippen LogP contribution in [0.25, 0.3) is 0 Å². The fourth-order valence-corrected chi connectivity index (χ4v) is 0. The smallest absolute Gasteiger partial charge is 0.263 e. The van der Waals surface area contributed by atoms with E-state index in [1.54, 1.807) is 0 Å². The monoisotopic (exact) mass is 508 g/mol. The van der Waals surface area contributed by atoms with Gasteiger partial charge in [0.25, 0.3) is 9.05 Å². The minimum Gasteiger partial charge on any atom is -0.285 e. The van der Waals surface area contributed by atoms with Gasteiger partial charge in [-0.1, -0.05) is 0 Å². The molecule has 54 valence electrons. The van der Waals surface area contributed by atoms with Crippen LogP contribution < -0.4 is 0 Å². The first-order valence-corrected chi connectivity index (χ1v) is 3.10. The minimum atomic E-state index is -3.83. The Bertz CT molecular complexity index is 94.1. The summed E-state index contributed by atoms with van der Waals surface area (Å²) in [6, 6.07) is 0. The van der Waals surface area contributed by atoms with Crippen LogP contribution in [0, 0.1) is 0 Å². The molecule has 0 aromatic rings. The van der Waals surface area contributed by atoms with E-state index in [4.69, 9.17) is 13.3 Å². The summed E-state index contributed by atoms with van der Waals surface area (Å²) in [4.78, 5) is 0. The van der Waals surface area contributed by atoms with Gasteiger partial charge in [0.15, 0.2) is 0 Å². The summed E-state index contributed by atoms with van der Waals surface area (Å²) in [5, 5.41) is 0. The fourth-order valence-electron chi connectivity index (χ4n) is 0. The van der Waals surface area contributed by atoms with Crippen molar-refractivity contribution in [2.75, 3.05) is 0 Å². The molecule has 2 N–H and O–H groups in total. The molecule has 0 rings (SSSR count). The maximum atomic E-state index is 9.11. The largest absolute Gasteiger partial charge is 0.285 e. The number of hydrogen-bond acceptors (Lipinski definition) is 2. The van der Waals surface area contributed by atoms with Crippen LogP contribution in [0.1, 0.15) is 0 Å². The van der Waals surface area contributed by atoms with E-state index < -0.39 is 9.05 Å². The first kappa shape index (κ1) is 15.9. The molecule has 0 aliphatic rings. The summed E-state index contributed by atoms with van der Waals surface area (Å²) in [5.41, 5.74) is 0. The maximum absolute atomic E-state index is 9.11. The molecule has 0 saturated carbocycles. The van der Waals surface area contributed by atoms with Gasteiger partial charge in [-0.15, -0.1) is 0 Å². The van der Waals surface area contributed by atoms with Crippen LogP contribution in [-0.4, -0.2) is 13.3 Å². The van der Waals surface area contributed by atoms with Crippen LogP contribution in [0.4, 0.5) is 0 Å². The van der Waals surface area contributed by atoms with Crippen molar-refractivity contribution in [3.05, 3.63) is 0 Å². The Morgan fingerprint density at radius 3 is 1.29 bits per heavy atom. The van der Waals surface area contributed by atoms with Gasteiger partial charge in [0.2, 0.25) is 0 Å². The molecule has 2 radical (unpaired) electrons. The summed E-state index contributed by atoms with van der Waals surface area (Å²) in [5.74, 6) is 0. The van der Waals surface area contributed by atoms with Gasteiger partial charge < -0.3 is 0 Å². The Morgan fingerprint density at radius 2 is 1.29 bits per heavy atom. The molecule has 0 bridgehead atoms. The second-order valence-electron chi connectivity index (χ2n) is 0.448. The molecule has 0 aliphatic carbocycles. The molecule has 0 spiro atoms. The SMILES string of the molecule is O=S(O)(O)=S.[Au].[Au]. The van der Waals surface area contributed by atoms with Crippen LogP contribution in [0.2, 0.25) is 0 Å². The van der Waals surface area contributed by atoms with E-state index in [9.17, 15) is 0 Å². The van der Waals surface area contributed by atoms with Gasteiger partial charge in [-0.3, -0.25) is 9.11 Å². The van der Waals surface area contributed by atoms with E-state index in [0.717, 1.165) is 0 Å². The first-order chi connectivity index (χ1) is 2.00. The molecule has 0 aliphatic heterocycles. The molecule has 0 saturated heterocycles. The molecule has 0 aromatic heterocycles. The minimum absolute atomic E-state index is 0. The van der Waals surface area contributed by atoms with Crippen LogP contribution in [0.3, 0.4) is 0 Å². The van der Waals surface area contributed by atoms with Gasteiger partial charge in [-0.25, -0.2) is 0 Å². The van der Waals surface area contributed by atoms with Gasteiger partial charge in [-0.05, 0) is 0 Å². The summed E-state index contributed by atoms with van der Waals surface area (Å²) < 4.78 is 24.0. The molecule has 0 heterocycles. The van der Waals surface area contributed by atoms with Crippen molar-refractivity contribution in [2.24, 2.45) is 0 Å². The van der Waals surface area contributed by atoms with E-state index in [0.29, 0.717) is 0 Å². The standard InChI is InChI=1S/2Au.H2O3S2/c;;1-5(2,3)4/h;;(H2,1,2,3,4). The van der Waals surface area contributed by atoms with Gasteiger partial charge >= 0.3 is 0 Å². The van der Waals surface area contributed by atoms with Crippen LogP contribution in [-0.2, 0) is 65.0 Å². The van der Waals surface area contributed by atoms with Crippen molar-refractivity contribution in [3.8, 4) is 0 Å². The van der Waals surface area contributed by atoms with Gasteiger partial charge in [0.1, 0.15) is 0 Å². The van der Waals surface area contributed by atoms with Crippen molar-refractivity contribution >= 4 is 20.2 Å². The third kappa shape index (κ3) is 82.5. The van der Waals surface area contributed by atoms with Crippen molar-refractivity contribution in [2.45, 2.75) is 0 Å². The Morgan fingerprint density at radius 1 is 1.29 bits per heavy atom. The predicted molar refractivity (Wildman–Crippen MR) is 20.8 cm³/mol. The van der Waals surface area contributed by atoms with Gasteiger partial charge in [0.05, 0.1) is 0 Å². The zero-order valence-electron chi connectivity index (χ0n) is 2.72. The summed E-state index contributed by atoms with van der Waals surface area (Å²) in [6.07, 6.45) is 0. The van der Waals surface area contributed by atoms with E-state index in [2.05, 4.69) is 11.2 Å². The zero-order valence-corrected chi connectivity index (χ0v) is 8.69. The molecule has 7 heteroatoms. The third-order valence-corrected chi connectivity index (χ3v) is 0. The Hall–Kier alpha value is 1.77. The van der Waals surface area contributed by atoms with Gasteiger partial charge in [0, 0.05) is 55.9 Å². The fraction of sp³-hybridized carbons (Fsp3) is 0. The second kappa shape index (κ2) is 5.90. The van der Waals surface area contributed by atoms with Crippen LogP contribution in [0.5, 0.6) is 0 Å². The predicted octanol–water partition coefficient (Wildman–Crippen LogP) is -0.326. The molecule has 3 nitrogen and oxygen atoms in total. The third-order valence-electron chi connectivity index (χ3n) is 0. The normalized spacial score (nSPS) is 8.29. The van der Waals surface area contributed by atoms with Gasteiger partial charge in [-0.2, -0.15) is 4.21 Å². The summed E-state index contributed by atoms with van der Waals surface area (Å²) in [7, 11) is -3.83. The molecule has 0 amide bonds. The number of rotatable bonds is 0. The van der Waals surface area contributed by atoms with Crippen molar-refractivity contribution in [1.82, 2.24) is 0 Å². The Labute approximate surface area is 77.6 Å².